The number of para-hydroxylation sites is 1. The summed E-state index contributed by atoms with van der Waals surface area (Å²) in [4.78, 5) is 16.1. The molecule has 2 aromatic carbocycles. The molecular weight excluding hydrogens is 330 g/mol. The quantitative estimate of drug-likeness (QED) is 0.632. The molecule has 3 rings (SSSR count). The number of nitrogens with zero attached hydrogens (tertiary/aromatic N) is 1. The van der Waals surface area contributed by atoms with E-state index in [4.69, 9.17) is 4.74 Å². The van der Waals surface area contributed by atoms with E-state index < -0.39 is 0 Å². The van der Waals surface area contributed by atoms with E-state index in [0.717, 1.165) is 21.8 Å². The fraction of sp³-hybridized carbons (Fsp3) is 0.190. The second-order valence-electron chi connectivity index (χ2n) is 5.92. The number of amides is 1. The van der Waals surface area contributed by atoms with E-state index in [1.54, 1.807) is 18.4 Å². The maximum atomic E-state index is 13.1. The molecule has 0 radical (unpaired) electrons. The van der Waals surface area contributed by atoms with Crippen molar-refractivity contribution in [2.45, 2.75) is 20.0 Å². The van der Waals surface area contributed by atoms with Crippen molar-refractivity contribution in [2.24, 2.45) is 0 Å². The highest BCUT2D eigenvalue weighted by Gasteiger charge is 2.18. The highest BCUT2D eigenvalue weighted by molar-refractivity contribution is 7.09. The molecule has 0 atom stereocenters. The molecule has 128 valence electrons. The second-order valence-corrected chi connectivity index (χ2v) is 6.95. The Balaban J connectivity index is 1.89. The van der Waals surface area contributed by atoms with E-state index in [0.29, 0.717) is 18.7 Å². The van der Waals surface area contributed by atoms with Gasteiger partial charge in [-0.3, -0.25) is 4.79 Å². The maximum Gasteiger partial charge on any atom is 0.254 e. The van der Waals surface area contributed by atoms with Crippen LogP contribution in [0.4, 0.5) is 0 Å². The molecule has 3 aromatic rings. The largest absolute Gasteiger partial charge is 0.496 e. The van der Waals surface area contributed by atoms with Crippen LogP contribution < -0.4 is 4.74 Å². The summed E-state index contributed by atoms with van der Waals surface area (Å²) in [6.45, 7) is 3.11. The minimum Gasteiger partial charge on any atom is -0.496 e. The van der Waals surface area contributed by atoms with Crippen LogP contribution in [0.2, 0.25) is 0 Å². The van der Waals surface area contributed by atoms with Gasteiger partial charge in [-0.1, -0.05) is 42.0 Å². The summed E-state index contributed by atoms with van der Waals surface area (Å²) < 4.78 is 5.45. The first-order chi connectivity index (χ1) is 12.2. The summed E-state index contributed by atoms with van der Waals surface area (Å²) in [5.41, 5.74) is 2.85. The van der Waals surface area contributed by atoms with Gasteiger partial charge in [0.1, 0.15) is 5.75 Å². The van der Waals surface area contributed by atoms with Gasteiger partial charge in [-0.15, -0.1) is 11.3 Å². The van der Waals surface area contributed by atoms with Crippen LogP contribution in [0, 0.1) is 6.92 Å². The number of carbonyl (C=O) groups excluding carboxylic acids is 1. The summed E-state index contributed by atoms with van der Waals surface area (Å²) in [7, 11) is 1.66. The fourth-order valence-electron chi connectivity index (χ4n) is 2.71. The van der Waals surface area contributed by atoms with Gasteiger partial charge in [0.15, 0.2) is 0 Å². The number of ether oxygens (including phenoxy) is 1. The van der Waals surface area contributed by atoms with Gasteiger partial charge in [0.05, 0.1) is 20.2 Å². The molecule has 0 saturated heterocycles. The van der Waals surface area contributed by atoms with Crippen molar-refractivity contribution < 1.29 is 9.53 Å². The molecule has 0 fully saturated rings. The zero-order chi connectivity index (χ0) is 17.6. The Labute approximate surface area is 152 Å². The highest BCUT2D eigenvalue weighted by atomic mass is 32.1. The molecule has 0 unspecified atom stereocenters. The van der Waals surface area contributed by atoms with Crippen molar-refractivity contribution in [2.75, 3.05) is 7.11 Å². The summed E-state index contributed by atoms with van der Waals surface area (Å²) in [6, 6.07) is 19.6. The van der Waals surface area contributed by atoms with E-state index in [-0.39, 0.29) is 5.91 Å². The Bertz CT molecular complexity index is 825. The molecule has 0 spiro atoms. The minimum absolute atomic E-state index is 0.0271. The first-order valence-corrected chi connectivity index (χ1v) is 9.05. The number of methoxy groups -OCH3 is 1. The number of benzene rings is 2. The lowest BCUT2D eigenvalue weighted by Gasteiger charge is -2.23. The Hall–Kier alpha value is -2.59. The third-order valence-electron chi connectivity index (χ3n) is 4.07. The lowest BCUT2D eigenvalue weighted by Crippen LogP contribution is -2.30. The van der Waals surface area contributed by atoms with Gasteiger partial charge in [-0.25, -0.2) is 0 Å². The molecule has 1 heterocycles. The predicted octanol–water partition coefficient (Wildman–Crippen LogP) is 4.91. The van der Waals surface area contributed by atoms with Crippen LogP contribution in [0.25, 0.3) is 0 Å². The van der Waals surface area contributed by atoms with Crippen LogP contribution in [0.3, 0.4) is 0 Å². The van der Waals surface area contributed by atoms with Gasteiger partial charge in [0, 0.05) is 16.0 Å². The number of carbonyl (C=O) groups is 1. The van der Waals surface area contributed by atoms with Gasteiger partial charge in [-0.2, -0.15) is 0 Å². The Morgan fingerprint density at radius 3 is 2.44 bits per heavy atom. The Kier molecular flexibility index (Phi) is 5.51. The number of rotatable bonds is 6. The van der Waals surface area contributed by atoms with Crippen LogP contribution in [-0.2, 0) is 13.1 Å². The summed E-state index contributed by atoms with van der Waals surface area (Å²) >= 11 is 1.66. The van der Waals surface area contributed by atoms with Crippen LogP contribution in [0.5, 0.6) is 5.75 Å². The molecule has 3 nitrogen and oxygen atoms in total. The maximum absolute atomic E-state index is 13.1. The third kappa shape index (κ3) is 4.28. The summed E-state index contributed by atoms with van der Waals surface area (Å²) in [5.74, 6) is 0.828. The second kappa shape index (κ2) is 7.99. The van der Waals surface area contributed by atoms with Crippen LogP contribution >= 0.6 is 11.3 Å². The lowest BCUT2D eigenvalue weighted by molar-refractivity contribution is 0.0730. The van der Waals surface area contributed by atoms with Crippen molar-refractivity contribution in [1.29, 1.82) is 0 Å². The lowest BCUT2D eigenvalue weighted by atomic mass is 10.1. The van der Waals surface area contributed by atoms with E-state index >= 15 is 0 Å². The number of hydrogen-bond donors (Lipinski definition) is 0. The average molecular weight is 351 g/mol. The average Bonchev–Trinajstić information content (AvgIpc) is 3.15. The van der Waals surface area contributed by atoms with Crippen molar-refractivity contribution in [1.82, 2.24) is 4.90 Å². The molecule has 0 bridgehead atoms. The van der Waals surface area contributed by atoms with Gasteiger partial charge in [0.2, 0.25) is 0 Å². The molecule has 4 heteroatoms. The summed E-state index contributed by atoms with van der Waals surface area (Å²) in [5, 5.41) is 2.03. The van der Waals surface area contributed by atoms with Gasteiger partial charge >= 0.3 is 0 Å². The Morgan fingerprint density at radius 2 is 1.76 bits per heavy atom. The first-order valence-electron chi connectivity index (χ1n) is 8.17. The van der Waals surface area contributed by atoms with Crippen molar-refractivity contribution in [3.63, 3.8) is 0 Å². The predicted molar refractivity (Wildman–Crippen MR) is 102 cm³/mol. The highest BCUT2D eigenvalue weighted by Crippen LogP contribution is 2.23. The molecule has 0 aliphatic carbocycles. The van der Waals surface area contributed by atoms with Crippen LogP contribution in [0.1, 0.15) is 26.4 Å². The van der Waals surface area contributed by atoms with Crippen LogP contribution in [0.15, 0.2) is 66.0 Å². The van der Waals surface area contributed by atoms with Gasteiger partial charge in [0.25, 0.3) is 5.91 Å². The number of aryl methyl sites for hydroxylation is 1. The van der Waals surface area contributed by atoms with E-state index in [9.17, 15) is 4.79 Å². The van der Waals surface area contributed by atoms with Gasteiger partial charge in [-0.05, 0) is 36.6 Å². The van der Waals surface area contributed by atoms with Gasteiger partial charge < -0.3 is 9.64 Å². The topological polar surface area (TPSA) is 29.5 Å². The number of thiophene rings is 1. The normalized spacial score (nSPS) is 10.5. The summed E-state index contributed by atoms with van der Waals surface area (Å²) in [6.07, 6.45) is 0. The standard InChI is InChI=1S/C21H21NO2S/c1-16-9-11-17(12-10-16)21(23)22(15-19-7-5-13-25-19)14-18-6-3-4-8-20(18)24-2/h3-13H,14-15H2,1-2H3. The molecule has 0 aliphatic rings. The smallest absolute Gasteiger partial charge is 0.254 e. The molecule has 0 saturated carbocycles. The van der Waals surface area contributed by atoms with Crippen molar-refractivity contribution in [3.8, 4) is 5.75 Å². The molecule has 0 N–H and O–H groups in total. The van der Waals surface area contributed by atoms with Crippen molar-refractivity contribution in [3.05, 3.63) is 87.6 Å². The van der Waals surface area contributed by atoms with Crippen LogP contribution in [-0.4, -0.2) is 17.9 Å². The molecule has 0 aliphatic heterocycles. The zero-order valence-corrected chi connectivity index (χ0v) is 15.3. The van der Waals surface area contributed by atoms with E-state index in [2.05, 4.69) is 6.07 Å². The van der Waals surface area contributed by atoms with E-state index in [1.165, 1.54) is 0 Å². The molecular formula is C21H21NO2S. The molecule has 1 aromatic heterocycles. The SMILES string of the molecule is COc1ccccc1CN(Cc1cccs1)C(=O)c1ccc(C)cc1. The van der Waals surface area contributed by atoms with E-state index in [1.807, 2.05) is 71.8 Å². The third-order valence-corrected chi connectivity index (χ3v) is 4.93. The first kappa shape index (κ1) is 17.2. The monoisotopic (exact) mass is 351 g/mol. The minimum atomic E-state index is 0.0271. The number of hydrogen-bond acceptors (Lipinski definition) is 3. The van der Waals surface area contributed by atoms with Crippen molar-refractivity contribution >= 4 is 17.2 Å². The Morgan fingerprint density at radius 1 is 1.00 bits per heavy atom. The zero-order valence-electron chi connectivity index (χ0n) is 14.4. The molecule has 1 amide bonds. The fourth-order valence-corrected chi connectivity index (χ4v) is 3.43. The molecule has 25 heavy (non-hydrogen) atoms.